The Balaban J connectivity index is 1.52. The van der Waals surface area contributed by atoms with Crippen LogP contribution in [-0.4, -0.2) is 48.2 Å². The third kappa shape index (κ3) is 4.33. The van der Waals surface area contributed by atoms with E-state index >= 15 is 0 Å². The summed E-state index contributed by atoms with van der Waals surface area (Å²) in [5.74, 6) is 2.08. The number of rotatable bonds is 6. The molecule has 0 fully saturated rings. The monoisotopic (exact) mass is 435 g/mol. The molecule has 168 valence electrons. The molecule has 32 heavy (non-hydrogen) atoms. The summed E-state index contributed by atoms with van der Waals surface area (Å²) in [6.07, 6.45) is 4.63. The molecule has 7 nitrogen and oxygen atoms in total. The maximum atomic E-state index is 13.0. The SMILES string of the molecule is COc1ccc(CCN(C)C(=O)c2ccc3c(=O)n4c(nc3c2)CCCCC4)cc1OC. The maximum Gasteiger partial charge on any atom is 0.261 e. The molecule has 7 heteroatoms. The van der Waals surface area contributed by atoms with Crippen molar-refractivity contribution in [2.24, 2.45) is 0 Å². The second-order valence-corrected chi connectivity index (χ2v) is 8.19. The Morgan fingerprint density at radius 2 is 1.88 bits per heavy atom. The van der Waals surface area contributed by atoms with Crippen LogP contribution < -0.4 is 15.0 Å². The number of carbonyl (C=O) groups excluding carboxylic acids is 1. The van der Waals surface area contributed by atoms with Crippen LogP contribution in [0.2, 0.25) is 0 Å². The van der Waals surface area contributed by atoms with Crippen molar-refractivity contribution < 1.29 is 14.3 Å². The molecular weight excluding hydrogens is 406 g/mol. The molecule has 3 aromatic rings. The normalized spacial score (nSPS) is 13.3. The van der Waals surface area contributed by atoms with Gasteiger partial charge in [0.25, 0.3) is 11.5 Å². The van der Waals surface area contributed by atoms with Gasteiger partial charge in [-0.3, -0.25) is 14.2 Å². The van der Waals surface area contributed by atoms with Gasteiger partial charge >= 0.3 is 0 Å². The summed E-state index contributed by atoms with van der Waals surface area (Å²) < 4.78 is 12.4. The van der Waals surface area contributed by atoms with Gasteiger partial charge in [-0.05, 0) is 55.2 Å². The summed E-state index contributed by atoms with van der Waals surface area (Å²) in [7, 11) is 5.00. The van der Waals surface area contributed by atoms with Gasteiger partial charge in [-0.2, -0.15) is 0 Å². The molecule has 2 aromatic carbocycles. The van der Waals surface area contributed by atoms with E-state index in [4.69, 9.17) is 14.5 Å². The van der Waals surface area contributed by atoms with Gasteiger partial charge in [0, 0.05) is 32.1 Å². The topological polar surface area (TPSA) is 73.7 Å². The zero-order chi connectivity index (χ0) is 22.7. The number of hydrogen-bond donors (Lipinski definition) is 0. The molecule has 1 aromatic heterocycles. The van der Waals surface area contributed by atoms with Gasteiger partial charge < -0.3 is 14.4 Å². The van der Waals surface area contributed by atoms with Gasteiger partial charge in [0.2, 0.25) is 0 Å². The average molecular weight is 436 g/mol. The highest BCUT2D eigenvalue weighted by Crippen LogP contribution is 2.27. The Bertz CT molecular complexity index is 1200. The van der Waals surface area contributed by atoms with E-state index in [0.29, 0.717) is 40.9 Å². The summed E-state index contributed by atoms with van der Waals surface area (Å²) in [6, 6.07) is 11.0. The molecule has 2 heterocycles. The third-order valence-corrected chi connectivity index (χ3v) is 6.09. The van der Waals surface area contributed by atoms with Gasteiger partial charge in [-0.1, -0.05) is 12.5 Å². The molecule has 1 aliphatic heterocycles. The van der Waals surface area contributed by atoms with Crippen LogP contribution in [0.25, 0.3) is 10.9 Å². The summed E-state index contributed by atoms with van der Waals surface area (Å²) in [5.41, 5.74) is 2.19. The molecule has 0 N–H and O–H groups in total. The van der Waals surface area contributed by atoms with Gasteiger partial charge in [0.05, 0.1) is 25.1 Å². The molecule has 0 unspecified atom stereocenters. The number of fused-ring (bicyclic) bond motifs is 2. The first kappa shape index (κ1) is 21.9. The van der Waals surface area contributed by atoms with Crippen molar-refractivity contribution in [2.75, 3.05) is 27.8 Å². The molecule has 1 aliphatic rings. The highest BCUT2D eigenvalue weighted by molar-refractivity contribution is 5.97. The Morgan fingerprint density at radius 1 is 1.06 bits per heavy atom. The lowest BCUT2D eigenvalue weighted by atomic mass is 10.1. The lowest BCUT2D eigenvalue weighted by molar-refractivity contribution is 0.0796. The number of benzene rings is 2. The highest BCUT2D eigenvalue weighted by atomic mass is 16.5. The standard InChI is InChI=1S/C25H29N3O4/c1-27(14-12-17-8-11-21(31-2)22(15-17)32-3)24(29)18-9-10-19-20(16-18)26-23-7-5-4-6-13-28(23)25(19)30/h8-11,15-16H,4-7,12-14H2,1-3H3. The van der Waals surface area contributed by atoms with Gasteiger partial charge in [0.15, 0.2) is 11.5 Å². The quantitative estimate of drug-likeness (QED) is 0.593. The minimum Gasteiger partial charge on any atom is -0.493 e. The van der Waals surface area contributed by atoms with Crippen LogP contribution in [-0.2, 0) is 19.4 Å². The third-order valence-electron chi connectivity index (χ3n) is 6.09. The Hall–Kier alpha value is -3.35. The van der Waals surface area contributed by atoms with E-state index in [2.05, 4.69) is 0 Å². The molecule has 4 rings (SSSR count). The van der Waals surface area contributed by atoms with E-state index in [1.807, 2.05) is 18.2 Å². The highest BCUT2D eigenvalue weighted by Gasteiger charge is 2.17. The predicted octanol–water partition coefficient (Wildman–Crippen LogP) is 3.45. The van der Waals surface area contributed by atoms with Crippen LogP contribution in [0.5, 0.6) is 11.5 Å². The maximum absolute atomic E-state index is 13.0. The van der Waals surface area contributed by atoms with Crippen molar-refractivity contribution in [3.63, 3.8) is 0 Å². The number of ether oxygens (including phenoxy) is 2. The van der Waals surface area contributed by atoms with E-state index in [1.165, 1.54) is 0 Å². The van der Waals surface area contributed by atoms with Crippen molar-refractivity contribution in [2.45, 2.75) is 38.6 Å². The fourth-order valence-electron chi connectivity index (χ4n) is 4.21. The first-order chi connectivity index (χ1) is 15.5. The zero-order valence-corrected chi connectivity index (χ0v) is 18.9. The van der Waals surface area contributed by atoms with E-state index in [-0.39, 0.29) is 11.5 Å². The summed E-state index contributed by atoms with van der Waals surface area (Å²) >= 11 is 0. The second-order valence-electron chi connectivity index (χ2n) is 8.19. The van der Waals surface area contributed by atoms with Gasteiger partial charge in [0.1, 0.15) is 5.82 Å². The Morgan fingerprint density at radius 3 is 2.66 bits per heavy atom. The van der Waals surface area contributed by atoms with Crippen LogP contribution in [0.3, 0.4) is 0 Å². The molecule has 0 bridgehead atoms. The number of carbonyl (C=O) groups is 1. The Labute approximate surface area is 187 Å². The van der Waals surface area contributed by atoms with Crippen molar-refractivity contribution >= 4 is 16.8 Å². The summed E-state index contributed by atoms with van der Waals surface area (Å²) in [6.45, 7) is 1.27. The number of amides is 1. The number of hydrogen-bond acceptors (Lipinski definition) is 5. The minimum absolute atomic E-state index is 0.00675. The van der Waals surface area contributed by atoms with E-state index in [9.17, 15) is 9.59 Å². The number of nitrogens with zero attached hydrogens (tertiary/aromatic N) is 3. The van der Waals surface area contributed by atoms with Crippen molar-refractivity contribution in [3.05, 3.63) is 63.7 Å². The molecular formula is C25H29N3O4. The van der Waals surface area contributed by atoms with Gasteiger partial charge in [-0.15, -0.1) is 0 Å². The van der Waals surface area contributed by atoms with Crippen LogP contribution in [0.15, 0.2) is 41.2 Å². The molecule has 0 saturated heterocycles. The fraction of sp³-hybridized carbons (Fsp3) is 0.400. The van der Waals surface area contributed by atoms with E-state index in [1.54, 1.807) is 48.9 Å². The van der Waals surface area contributed by atoms with E-state index < -0.39 is 0 Å². The number of aryl methyl sites for hydroxylation is 1. The van der Waals surface area contributed by atoms with Crippen molar-refractivity contribution in [3.8, 4) is 11.5 Å². The smallest absolute Gasteiger partial charge is 0.261 e. The van der Waals surface area contributed by atoms with Crippen LogP contribution in [0.1, 0.15) is 41.0 Å². The predicted molar refractivity (Wildman–Crippen MR) is 124 cm³/mol. The molecule has 0 radical (unpaired) electrons. The van der Waals surface area contributed by atoms with Crippen molar-refractivity contribution in [1.82, 2.24) is 14.5 Å². The lowest BCUT2D eigenvalue weighted by Crippen LogP contribution is -2.29. The number of aromatic nitrogens is 2. The van der Waals surface area contributed by atoms with Crippen LogP contribution >= 0.6 is 0 Å². The fourth-order valence-corrected chi connectivity index (χ4v) is 4.21. The minimum atomic E-state index is -0.0933. The first-order valence-corrected chi connectivity index (χ1v) is 11.0. The molecule has 0 aliphatic carbocycles. The molecule has 0 saturated carbocycles. The summed E-state index contributed by atoms with van der Waals surface area (Å²) in [4.78, 5) is 32.4. The molecule has 1 amide bonds. The first-order valence-electron chi connectivity index (χ1n) is 11.0. The summed E-state index contributed by atoms with van der Waals surface area (Å²) in [5, 5.41) is 0.570. The number of likely N-dealkylation sites (N-methyl/N-ethyl adjacent to an activating group) is 1. The largest absolute Gasteiger partial charge is 0.493 e. The molecule has 0 atom stereocenters. The van der Waals surface area contributed by atoms with Gasteiger partial charge in [-0.25, -0.2) is 4.98 Å². The van der Waals surface area contributed by atoms with Crippen LogP contribution in [0, 0.1) is 0 Å². The molecule has 0 spiro atoms. The Kier molecular flexibility index (Phi) is 6.44. The zero-order valence-electron chi connectivity index (χ0n) is 18.9. The van der Waals surface area contributed by atoms with Crippen LogP contribution in [0.4, 0.5) is 0 Å². The lowest BCUT2D eigenvalue weighted by Gasteiger charge is -2.18. The van der Waals surface area contributed by atoms with Crippen molar-refractivity contribution in [1.29, 1.82) is 0 Å². The average Bonchev–Trinajstić information content (AvgIpc) is 3.07. The number of methoxy groups -OCH3 is 2. The second kappa shape index (κ2) is 9.42. The van der Waals surface area contributed by atoms with E-state index in [0.717, 1.165) is 43.6 Å².